The SMILES string of the molecule is COc1cncnc1N1CCN(CCCc2c[nH]c3ccc(C(Cc4ccccc4)NS(C)(=O)=O)cc23)CC1. The van der Waals surface area contributed by atoms with Gasteiger partial charge in [0.05, 0.1) is 25.6 Å². The molecule has 3 heterocycles. The molecule has 1 unspecified atom stereocenters. The zero-order valence-corrected chi connectivity index (χ0v) is 23.3. The van der Waals surface area contributed by atoms with Crippen molar-refractivity contribution >= 4 is 26.7 Å². The second-order valence-corrected chi connectivity index (χ2v) is 11.9. The number of piperazine rings is 1. The summed E-state index contributed by atoms with van der Waals surface area (Å²) < 4.78 is 32.6. The molecule has 206 valence electrons. The normalized spacial score (nSPS) is 15.5. The number of sulfonamides is 1. The van der Waals surface area contributed by atoms with Crippen LogP contribution < -0.4 is 14.4 Å². The Balaban J connectivity index is 1.22. The van der Waals surface area contributed by atoms with Gasteiger partial charge in [-0.15, -0.1) is 0 Å². The molecule has 0 spiro atoms. The molecule has 0 amide bonds. The molecule has 1 atom stereocenters. The van der Waals surface area contributed by atoms with Crippen LogP contribution in [0.4, 0.5) is 5.82 Å². The van der Waals surface area contributed by atoms with Crippen LogP contribution in [0.3, 0.4) is 0 Å². The number of benzene rings is 2. The number of aryl methyl sites for hydroxylation is 1. The lowest BCUT2D eigenvalue weighted by Crippen LogP contribution is -2.47. The van der Waals surface area contributed by atoms with Gasteiger partial charge in [0.2, 0.25) is 10.0 Å². The molecule has 1 saturated heterocycles. The first-order valence-electron chi connectivity index (χ1n) is 13.3. The van der Waals surface area contributed by atoms with Crippen molar-refractivity contribution in [3.8, 4) is 5.75 Å². The monoisotopic (exact) mass is 548 g/mol. The summed E-state index contributed by atoms with van der Waals surface area (Å²) >= 11 is 0. The summed E-state index contributed by atoms with van der Waals surface area (Å²) in [5, 5.41) is 1.15. The van der Waals surface area contributed by atoms with E-state index in [9.17, 15) is 8.42 Å². The average Bonchev–Trinajstić information content (AvgIpc) is 3.35. The van der Waals surface area contributed by atoms with Gasteiger partial charge in [0, 0.05) is 43.3 Å². The average molecular weight is 549 g/mol. The van der Waals surface area contributed by atoms with E-state index in [2.05, 4.69) is 47.8 Å². The summed E-state index contributed by atoms with van der Waals surface area (Å²) in [6, 6.07) is 15.9. The summed E-state index contributed by atoms with van der Waals surface area (Å²) in [6.45, 7) is 4.78. The number of ether oxygens (including phenoxy) is 1. The molecule has 39 heavy (non-hydrogen) atoms. The number of aromatic nitrogens is 3. The third-order valence-corrected chi connectivity index (χ3v) is 8.02. The lowest BCUT2D eigenvalue weighted by Gasteiger charge is -2.35. The molecule has 0 radical (unpaired) electrons. The molecule has 5 rings (SSSR count). The van der Waals surface area contributed by atoms with Gasteiger partial charge in [-0.2, -0.15) is 0 Å². The Morgan fingerprint density at radius 1 is 1.10 bits per heavy atom. The lowest BCUT2D eigenvalue weighted by molar-refractivity contribution is 0.253. The molecular weight excluding hydrogens is 512 g/mol. The van der Waals surface area contributed by atoms with Gasteiger partial charge in [-0.1, -0.05) is 36.4 Å². The van der Waals surface area contributed by atoms with E-state index in [4.69, 9.17) is 4.74 Å². The topological polar surface area (TPSA) is 103 Å². The molecule has 9 nitrogen and oxygen atoms in total. The van der Waals surface area contributed by atoms with Gasteiger partial charge < -0.3 is 14.6 Å². The highest BCUT2D eigenvalue weighted by molar-refractivity contribution is 7.88. The van der Waals surface area contributed by atoms with Gasteiger partial charge in [0.1, 0.15) is 6.33 Å². The zero-order chi connectivity index (χ0) is 27.2. The van der Waals surface area contributed by atoms with Gasteiger partial charge in [-0.25, -0.2) is 23.1 Å². The van der Waals surface area contributed by atoms with Crippen LogP contribution in [-0.2, 0) is 22.9 Å². The molecule has 0 bridgehead atoms. The molecule has 0 aliphatic carbocycles. The first-order chi connectivity index (χ1) is 18.9. The number of methoxy groups -OCH3 is 1. The lowest BCUT2D eigenvalue weighted by atomic mass is 9.97. The molecule has 1 aliphatic rings. The van der Waals surface area contributed by atoms with Gasteiger partial charge in [-0.05, 0) is 54.6 Å². The molecule has 4 aromatic rings. The minimum atomic E-state index is -3.37. The van der Waals surface area contributed by atoms with Crippen LogP contribution in [0.2, 0.25) is 0 Å². The highest BCUT2D eigenvalue weighted by atomic mass is 32.2. The Bertz CT molecular complexity index is 1480. The Morgan fingerprint density at radius 3 is 2.64 bits per heavy atom. The fourth-order valence-corrected chi connectivity index (χ4v) is 6.06. The minimum absolute atomic E-state index is 0.334. The van der Waals surface area contributed by atoms with Crippen LogP contribution >= 0.6 is 0 Å². The van der Waals surface area contributed by atoms with E-state index in [0.717, 1.165) is 73.4 Å². The number of nitrogens with one attached hydrogen (secondary N) is 2. The second kappa shape index (κ2) is 12.1. The number of hydrogen-bond donors (Lipinski definition) is 2. The van der Waals surface area contributed by atoms with Gasteiger partial charge in [0.15, 0.2) is 11.6 Å². The van der Waals surface area contributed by atoms with E-state index in [1.54, 1.807) is 19.6 Å². The predicted molar refractivity (Wildman–Crippen MR) is 155 cm³/mol. The molecule has 1 fully saturated rings. The van der Waals surface area contributed by atoms with Crippen molar-refractivity contribution in [2.24, 2.45) is 0 Å². The van der Waals surface area contributed by atoms with E-state index >= 15 is 0 Å². The van der Waals surface area contributed by atoms with Gasteiger partial charge in [-0.3, -0.25) is 4.90 Å². The van der Waals surface area contributed by atoms with Crippen molar-refractivity contribution in [2.75, 3.05) is 51.0 Å². The Kier molecular flexibility index (Phi) is 8.44. The maximum atomic E-state index is 12.2. The predicted octanol–water partition coefficient (Wildman–Crippen LogP) is 3.55. The molecular formula is C29H36N6O3S. The zero-order valence-electron chi connectivity index (χ0n) is 22.5. The van der Waals surface area contributed by atoms with Crippen molar-refractivity contribution < 1.29 is 13.2 Å². The van der Waals surface area contributed by atoms with Gasteiger partial charge >= 0.3 is 0 Å². The third kappa shape index (κ3) is 6.95. The smallest absolute Gasteiger partial charge is 0.209 e. The van der Waals surface area contributed by atoms with Crippen LogP contribution in [0.5, 0.6) is 5.75 Å². The summed E-state index contributed by atoms with van der Waals surface area (Å²) in [5.41, 5.74) is 4.38. The molecule has 10 heteroatoms. The van der Waals surface area contributed by atoms with E-state index in [1.807, 2.05) is 36.4 Å². The fraction of sp³-hybridized carbons (Fsp3) is 0.379. The third-order valence-electron chi connectivity index (χ3n) is 7.30. The van der Waals surface area contributed by atoms with E-state index < -0.39 is 10.0 Å². The number of nitrogens with zero attached hydrogens (tertiary/aromatic N) is 4. The maximum absolute atomic E-state index is 12.2. The van der Waals surface area contributed by atoms with Crippen LogP contribution in [0.1, 0.15) is 29.2 Å². The number of fused-ring (bicyclic) bond motifs is 1. The Hall–Kier alpha value is -3.47. The molecule has 2 aromatic carbocycles. The maximum Gasteiger partial charge on any atom is 0.209 e. The van der Waals surface area contributed by atoms with Crippen molar-refractivity contribution in [3.05, 3.63) is 83.9 Å². The van der Waals surface area contributed by atoms with Crippen LogP contribution in [0.15, 0.2) is 67.3 Å². The quantitative estimate of drug-likeness (QED) is 0.295. The molecule has 1 aliphatic heterocycles. The van der Waals surface area contributed by atoms with E-state index in [1.165, 1.54) is 11.8 Å². The van der Waals surface area contributed by atoms with Crippen LogP contribution in [0.25, 0.3) is 10.9 Å². The first kappa shape index (κ1) is 27.1. The van der Waals surface area contributed by atoms with E-state index in [-0.39, 0.29) is 6.04 Å². The highest BCUT2D eigenvalue weighted by Crippen LogP contribution is 2.27. The van der Waals surface area contributed by atoms with Gasteiger partial charge in [0.25, 0.3) is 0 Å². The Labute approximate surface area is 230 Å². The van der Waals surface area contributed by atoms with Crippen molar-refractivity contribution in [1.82, 2.24) is 24.6 Å². The fourth-order valence-electron chi connectivity index (χ4n) is 5.32. The van der Waals surface area contributed by atoms with Crippen molar-refractivity contribution in [3.63, 3.8) is 0 Å². The minimum Gasteiger partial charge on any atom is -0.491 e. The van der Waals surface area contributed by atoms with Crippen molar-refractivity contribution in [1.29, 1.82) is 0 Å². The summed E-state index contributed by atoms with van der Waals surface area (Å²) in [7, 11) is -1.72. The summed E-state index contributed by atoms with van der Waals surface area (Å²) in [6.07, 6.45) is 9.17. The van der Waals surface area contributed by atoms with Crippen molar-refractivity contribution in [2.45, 2.75) is 25.3 Å². The largest absolute Gasteiger partial charge is 0.491 e. The number of rotatable bonds is 11. The summed E-state index contributed by atoms with van der Waals surface area (Å²) in [5.74, 6) is 1.57. The number of anilines is 1. The first-order valence-corrected chi connectivity index (χ1v) is 15.2. The molecule has 2 N–H and O–H groups in total. The standard InChI is InChI=1S/C29H36N6O3S/c1-38-28-20-30-21-32-29(28)35-15-13-34(14-16-35)12-6-9-24-19-31-26-11-10-23(18-25(24)26)27(33-39(2,36)37)17-22-7-4-3-5-8-22/h3-5,7-8,10-11,18-21,27,31,33H,6,9,12-17H2,1-2H3. The van der Waals surface area contributed by atoms with E-state index in [0.29, 0.717) is 12.2 Å². The molecule has 0 saturated carbocycles. The molecule has 2 aromatic heterocycles. The number of aromatic amines is 1. The number of hydrogen-bond acceptors (Lipinski definition) is 7. The van der Waals surface area contributed by atoms with Crippen LogP contribution in [-0.4, -0.2) is 74.4 Å². The second-order valence-electron chi connectivity index (χ2n) is 10.1. The summed E-state index contributed by atoms with van der Waals surface area (Å²) in [4.78, 5) is 16.6. The van der Waals surface area contributed by atoms with Crippen LogP contribution in [0, 0.1) is 0 Å². The highest BCUT2D eigenvalue weighted by Gasteiger charge is 2.21. The Morgan fingerprint density at radius 2 is 1.90 bits per heavy atom. The number of H-pyrrole nitrogens is 1.